The number of alkyl carbamates (subject to hydrolysis) is 1. The number of amides is 2. The van der Waals surface area contributed by atoms with Crippen molar-refractivity contribution in [2.24, 2.45) is 0 Å². The number of benzene rings is 1. The van der Waals surface area contributed by atoms with E-state index in [1.54, 1.807) is 0 Å². The number of halogens is 4. The van der Waals surface area contributed by atoms with Crippen LogP contribution in [0.5, 0.6) is 0 Å². The first-order valence-electron chi connectivity index (χ1n) is 7.32. The molecule has 0 fully saturated rings. The van der Waals surface area contributed by atoms with E-state index in [2.05, 4.69) is 10.1 Å². The molecule has 5 nitrogen and oxygen atoms in total. The van der Waals surface area contributed by atoms with Gasteiger partial charge in [0, 0.05) is 25.2 Å². The van der Waals surface area contributed by atoms with Crippen molar-refractivity contribution >= 4 is 17.7 Å². The fourth-order valence-electron chi connectivity index (χ4n) is 2.43. The lowest BCUT2D eigenvalue weighted by molar-refractivity contribution is -0.160. The average Bonchev–Trinajstić information content (AvgIpc) is 2.51. The minimum atomic E-state index is -4.60. The molecule has 0 spiro atoms. The first-order chi connectivity index (χ1) is 11.3. The Labute approximate surface area is 135 Å². The number of carbonyl (C=O) groups excluding carboxylic acids is 2. The molecule has 0 bridgehead atoms. The summed E-state index contributed by atoms with van der Waals surface area (Å²) in [6.07, 6.45) is -4.58. The zero-order chi connectivity index (χ0) is 17.7. The summed E-state index contributed by atoms with van der Waals surface area (Å²) in [6, 6.07) is 4.16. The van der Waals surface area contributed by atoms with E-state index >= 15 is 0 Å². The molecule has 0 radical (unpaired) electrons. The summed E-state index contributed by atoms with van der Waals surface area (Å²) in [6.45, 7) is -1.36. The smallest absolute Gasteiger partial charge is 0.422 e. The molecule has 2 amide bonds. The zero-order valence-electron chi connectivity index (χ0n) is 12.7. The predicted octanol–water partition coefficient (Wildman–Crippen LogP) is 2.78. The summed E-state index contributed by atoms with van der Waals surface area (Å²) in [5.74, 6) is -0.684. The van der Waals surface area contributed by atoms with Gasteiger partial charge in [-0.3, -0.25) is 4.79 Å². The third-order valence-corrected chi connectivity index (χ3v) is 3.44. The van der Waals surface area contributed by atoms with Gasteiger partial charge in [0.15, 0.2) is 6.61 Å². The van der Waals surface area contributed by atoms with Crippen LogP contribution in [0.4, 0.5) is 28.0 Å². The van der Waals surface area contributed by atoms with E-state index in [0.717, 1.165) is 5.56 Å². The summed E-state index contributed by atoms with van der Waals surface area (Å²) in [4.78, 5) is 24.8. The molecule has 0 aromatic heterocycles. The van der Waals surface area contributed by atoms with Crippen molar-refractivity contribution in [3.05, 3.63) is 29.6 Å². The molecule has 1 aromatic rings. The quantitative estimate of drug-likeness (QED) is 0.852. The number of fused-ring (bicyclic) bond motifs is 1. The van der Waals surface area contributed by atoms with E-state index in [0.29, 0.717) is 25.1 Å². The van der Waals surface area contributed by atoms with Crippen LogP contribution in [-0.4, -0.2) is 37.9 Å². The molecule has 0 unspecified atom stereocenters. The van der Waals surface area contributed by atoms with Gasteiger partial charge in [0.05, 0.1) is 0 Å². The van der Waals surface area contributed by atoms with E-state index in [1.807, 2.05) is 0 Å². The van der Waals surface area contributed by atoms with Gasteiger partial charge in [-0.25, -0.2) is 9.18 Å². The van der Waals surface area contributed by atoms with Gasteiger partial charge in [-0.15, -0.1) is 0 Å². The van der Waals surface area contributed by atoms with Gasteiger partial charge >= 0.3 is 12.3 Å². The van der Waals surface area contributed by atoms with Crippen molar-refractivity contribution in [3.8, 4) is 0 Å². The van der Waals surface area contributed by atoms with E-state index < -0.39 is 18.9 Å². The number of aryl methyl sites for hydroxylation is 1. The third-order valence-electron chi connectivity index (χ3n) is 3.44. The predicted molar refractivity (Wildman–Crippen MR) is 77.1 cm³/mol. The maximum Gasteiger partial charge on any atom is 0.422 e. The van der Waals surface area contributed by atoms with Crippen LogP contribution >= 0.6 is 0 Å². The second kappa shape index (κ2) is 7.50. The molecular weight excluding hydrogens is 332 g/mol. The van der Waals surface area contributed by atoms with Crippen molar-refractivity contribution in [3.63, 3.8) is 0 Å². The maximum absolute atomic E-state index is 13.2. The van der Waals surface area contributed by atoms with Crippen LogP contribution in [0.3, 0.4) is 0 Å². The Bertz CT molecular complexity index is 619. The number of ether oxygens (including phenoxy) is 1. The van der Waals surface area contributed by atoms with Gasteiger partial charge in [0.1, 0.15) is 5.82 Å². The van der Waals surface area contributed by atoms with Crippen LogP contribution in [0.1, 0.15) is 18.4 Å². The summed E-state index contributed by atoms with van der Waals surface area (Å²) in [7, 11) is 0. The van der Waals surface area contributed by atoms with Crippen molar-refractivity contribution in [2.75, 3.05) is 24.6 Å². The highest BCUT2D eigenvalue weighted by molar-refractivity contribution is 5.94. The monoisotopic (exact) mass is 348 g/mol. The van der Waals surface area contributed by atoms with Gasteiger partial charge < -0.3 is 15.0 Å². The normalized spacial score (nSPS) is 14.1. The van der Waals surface area contributed by atoms with Crippen molar-refractivity contribution in [2.45, 2.75) is 25.4 Å². The van der Waals surface area contributed by atoms with Crippen molar-refractivity contribution in [1.29, 1.82) is 0 Å². The van der Waals surface area contributed by atoms with E-state index in [-0.39, 0.29) is 24.7 Å². The lowest BCUT2D eigenvalue weighted by Crippen LogP contribution is -2.38. The third kappa shape index (κ3) is 5.10. The molecule has 1 N–H and O–H groups in total. The molecule has 1 aliphatic heterocycles. The fourth-order valence-corrected chi connectivity index (χ4v) is 2.43. The first-order valence-corrected chi connectivity index (χ1v) is 7.32. The Morgan fingerprint density at radius 1 is 1.29 bits per heavy atom. The molecule has 0 saturated heterocycles. The Balaban J connectivity index is 1.83. The minimum absolute atomic E-state index is 0.0993. The van der Waals surface area contributed by atoms with Crippen molar-refractivity contribution < 1.29 is 31.9 Å². The first kappa shape index (κ1) is 18.0. The topological polar surface area (TPSA) is 58.6 Å². The Morgan fingerprint density at radius 3 is 2.75 bits per heavy atom. The van der Waals surface area contributed by atoms with Crippen LogP contribution in [0, 0.1) is 5.82 Å². The molecule has 1 aliphatic rings. The molecule has 1 aromatic carbocycles. The standard InChI is InChI=1S/C15H16F4N2O3/c16-11-3-4-12-10(8-11)2-1-7-21(12)13(22)5-6-20-14(23)24-9-15(17,18)19/h3-4,8H,1-2,5-7,9H2,(H,20,23). The van der Waals surface area contributed by atoms with Crippen LogP contribution < -0.4 is 10.2 Å². The molecular formula is C15H16F4N2O3. The Hall–Kier alpha value is -2.32. The van der Waals surface area contributed by atoms with Gasteiger partial charge in [-0.05, 0) is 36.6 Å². The van der Waals surface area contributed by atoms with Crippen molar-refractivity contribution in [1.82, 2.24) is 5.32 Å². The number of hydrogen-bond acceptors (Lipinski definition) is 3. The summed E-state index contributed by atoms with van der Waals surface area (Å²) >= 11 is 0. The van der Waals surface area contributed by atoms with Gasteiger partial charge in [0.25, 0.3) is 0 Å². The highest BCUT2D eigenvalue weighted by atomic mass is 19.4. The van der Waals surface area contributed by atoms with Crippen LogP contribution in [-0.2, 0) is 16.0 Å². The molecule has 9 heteroatoms. The molecule has 2 rings (SSSR count). The van der Waals surface area contributed by atoms with Crippen LogP contribution in [0.25, 0.3) is 0 Å². The largest absolute Gasteiger partial charge is 0.440 e. The Morgan fingerprint density at radius 2 is 2.04 bits per heavy atom. The molecule has 24 heavy (non-hydrogen) atoms. The SMILES string of the molecule is O=C(NCCC(=O)N1CCCc2cc(F)ccc21)OCC(F)(F)F. The molecule has 132 valence electrons. The second-order valence-corrected chi connectivity index (χ2v) is 5.29. The molecule has 0 atom stereocenters. The van der Waals surface area contributed by atoms with Crippen LogP contribution in [0.2, 0.25) is 0 Å². The molecule has 0 aliphatic carbocycles. The van der Waals surface area contributed by atoms with Gasteiger partial charge in [-0.2, -0.15) is 13.2 Å². The highest BCUT2D eigenvalue weighted by Crippen LogP contribution is 2.28. The zero-order valence-corrected chi connectivity index (χ0v) is 12.7. The summed E-state index contributed by atoms with van der Waals surface area (Å²) in [5, 5.41) is 2.09. The Kier molecular flexibility index (Phi) is 5.63. The van der Waals surface area contributed by atoms with Crippen LogP contribution in [0.15, 0.2) is 18.2 Å². The lowest BCUT2D eigenvalue weighted by atomic mass is 10.0. The number of carbonyl (C=O) groups is 2. The summed E-state index contributed by atoms with van der Waals surface area (Å²) < 4.78 is 52.8. The number of nitrogens with zero attached hydrogens (tertiary/aromatic N) is 1. The summed E-state index contributed by atoms with van der Waals surface area (Å²) in [5.41, 5.74) is 1.35. The van der Waals surface area contributed by atoms with E-state index in [1.165, 1.54) is 23.1 Å². The second-order valence-electron chi connectivity index (χ2n) is 5.29. The number of anilines is 1. The van der Waals surface area contributed by atoms with Gasteiger partial charge in [-0.1, -0.05) is 0 Å². The lowest BCUT2D eigenvalue weighted by Gasteiger charge is -2.29. The molecule has 0 saturated carbocycles. The molecule has 1 heterocycles. The number of nitrogens with one attached hydrogen (secondary N) is 1. The van der Waals surface area contributed by atoms with E-state index in [4.69, 9.17) is 0 Å². The highest BCUT2D eigenvalue weighted by Gasteiger charge is 2.29. The van der Waals surface area contributed by atoms with Gasteiger partial charge in [0.2, 0.25) is 5.91 Å². The maximum atomic E-state index is 13.2. The minimum Gasteiger partial charge on any atom is -0.440 e. The number of rotatable bonds is 4. The number of alkyl halides is 3. The number of hydrogen-bond donors (Lipinski definition) is 1. The fraction of sp³-hybridized carbons (Fsp3) is 0.467. The average molecular weight is 348 g/mol. The van der Waals surface area contributed by atoms with E-state index in [9.17, 15) is 27.2 Å².